The second kappa shape index (κ2) is 7.92. The number of hydrazone groups is 1. The zero-order chi connectivity index (χ0) is 22.0. The average molecular weight is 456 g/mol. The molecule has 0 aliphatic rings. The Morgan fingerprint density at radius 3 is 1.86 bits per heavy atom. The zero-order valence-electron chi connectivity index (χ0n) is 13.8. The summed E-state index contributed by atoms with van der Waals surface area (Å²) >= 11 is 5.63. The second-order valence-electron chi connectivity index (χ2n) is 5.39. The van der Waals surface area contributed by atoms with Gasteiger partial charge < -0.3 is 0 Å². The molecule has 0 heterocycles. The molecule has 0 unspecified atom stereocenters. The standard InChI is InChI=1S/C16H8ClF6N3O2S/c17-11-1-3-13(4-2-11)29(27,28)14(8-24)26-25-12-6-9(15(18,19)20)5-10(7-12)16(21,22)23/h1-7,25H/b26-14-. The molecule has 0 saturated heterocycles. The fourth-order valence-corrected chi connectivity index (χ4v) is 3.13. The molecule has 0 bridgehead atoms. The number of hydrogen-bond donors (Lipinski definition) is 1. The first-order valence-electron chi connectivity index (χ1n) is 7.29. The minimum absolute atomic E-state index is 0.107. The normalized spacial score (nSPS) is 13.1. The van der Waals surface area contributed by atoms with E-state index in [2.05, 4.69) is 5.10 Å². The van der Waals surface area contributed by atoms with Crippen LogP contribution in [0.3, 0.4) is 0 Å². The van der Waals surface area contributed by atoms with Crippen LogP contribution in [0.2, 0.25) is 5.02 Å². The molecular weight excluding hydrogens is 448 g/mol. The van der Waals surface area contributed by atoms with Gasteiger partial charge in [0.1, 0.15) is 6.07 Å². The van der Waals surface area contributed by atoms with Crippen LogP contribution in [0.1, 0.15) is 11.1 Å². The van der Waals surface area contributed by atoms with Gasteiger partial charge in [0.15, 0.2) is 0 Å². The predicted molar refractivity (Wildman–Crippen MR) is 91.8 cm³/mol. The van der Waals surface area contributed by atoms with Crippen LogP contribution >= 0.6 is 11.6 Å². The van der Waals surface area contributed by atoms with Crippen LogP contribution in [0, 0.1) is 11.3 Å². The molecule has 0 amide bonds. The number of nitriles is 1. The van der Waals surface area contributed by atoms with E-state index in [1.807, 2.05) is 0 Å². The van der Waals surface area contributed by atoms with E-state index in [0.29, 0.717) is 12.1 Å². The molecule has 154 valence electrons. The maximum atomic E-state index is 12.9. The van der Waals surface area contributed by atoms with E-state index in [0.717, 1.165) is 12.1 Å². The summed E-state index contributed by atoms with van der Waals surface area (Å²) in [4.78, 5) is -0.399. The van der Waals surface area contributed by atoms with Crippen molar-refractivity contribution in [2.24, 2.45) is 5.10 Å². The van der Waals surface area contributed by atoms with Crippen molar-refractivity contribution in [1.82, 2.24) is 0 Å². The maximum absolute atomic E-state index is 12.9. The highest BCUT2D eigenvalue weighted by molar-refractivity contribution is 8.07. The molecule has 0 spiro atoms. The fraction of sp³-hybridized carbons (Fsp3) is 0.125. The Bertz CT molecular complexity index is 1060. The molecule has 2 aromatic carbocycles. The van der Waals surface area contributed by atoms with E-state index in [-0.39, 0.29) is 11.1 Å². The lowest BCUT2D eigenvalue weighted by Gasteiger charge is -2.14. The first-order chi connectivity index (χ1) is 13.2. The number of rotatable bonds is 3. The molecule has 0 aromatic heterocycles. The first kappa shape index (κ1) is 22.5. The lowest BCUT2D eigenvalue weighted by Crippen LogP contribution is -2.16. The molecule has 0 aliphatic heterocycles. The molecule has 0 atom stereocenters. The number of nitrogens with zero attached hydrogens (tertiary/aromatic N) is 2. The molecule has 13 heteroatoms. The van der Waals surface area contributed by atoms with Crippen LogP contribution in [0.4, 0.5) is 32.0 Å². The van der Waals surface area contributed by atoms with Gasteiger partial charge in [-0.05, 0) is 42.5 Å². The van der Waals surface area contributed by atoms with Crippen molar-refractivity contribution in [3.63, 3.8) is 0 Å². The minimum atomic E-state index is -5.10. The monoisotopic (exact) mass is 455 g/mol. The third-order valence-corrected chi connectivity index (χ3v) is 5.18. The lowest BCUT2D eigenvalue weighted by molar-refractivity contribution is -0.143. The largest absolute Gasteiger partial charge is 0.416 e. The van der Waals surface area contributed by atoms with Gasteiger partial charge in [-0.15, -0.1) is 0 Å². The van der Waals surface area contributed by atoms with Crippen LogP contribution in [-0.2, 0) is 22.2 Å². The van der Waals surface area contributed by atoms with Gasteiger partial charge in [-0.1, -0.05) is 11.6 Å². The number of alkyl halides is 6. The van der Waals surface area contributed by atoms with E-state index >= 15 is 0 Å². The maximum Gasteiger partial charge on any atom is 0.416 e. The summed E-state index contributed by atoms with van der Waals surface area (Å²) in [7, 11) is -4.49. The van der Waals surface area contributed by atoms with Gasteiger partial charge in [-0.3, -0.25) is 5.43 Å². The van der Waals surface area contributed by atoms with Gasteiger partial charge in [0.2, 0.25) is 9.84 Å². The third-order valence-electron chi connectivity index (χ3n) is 3.35. The minimum Gasteiger partial charge on any atom is -0.276 e. The van der Waals surface area contributed by atoms with Crippen molar-refractivity contribution >= 4 is 32.2 Å². The van der Waals surface area contributed by atoms with Crippen molar-refractivity contribution in [3.05, 3.63) is 58.6 Å². The number of hydrogen-bond acceptors (Lipinski definition) is 5. The van der Waals surface area contributed by atoms with Crippen LogP contribution in [0.25, 0.3) is 0 Å². The van der Waals surface area contributed by atoms with Gasteiger partial charge in [0.25, 0.3) is 5.04 Å². The van der Waals surface area contributed by atoms with Crippen molar-refractivity contribution in [3.8, 4) is 6.07 Å². The zero-order valence-corrected chi connectivity index (χ0v) is 15.4. The summed E-state index contributed by atoms with van der Waals surface area (Å²) < 4.78 is 102. The number of nitrogens with one attached hydrogen (secondary N) is 1. The molecule has 1 N–H and O–H groups in total. The summed E-state index contributed by atoms with van der Waals surface area (Å²) in [6, 6.07) is 6.24. The number of benzene rings is 2. The first-order valence-corrected chi connectivity index (χ1v) is 9.15. The third kappa shape index (κ3) is 5.39. The number of anilines is 1. The van der Waals surface area contributed by atoms with Crippen LogP contribution in [0.15, 0.2) is 52.5 Å². The lowest BCUT2D eigenvalue weighted by atomic mass is 10.1. The fourth-order valence-electron chi connectivity index (χ4n) is 2.01. The van der Waals surface area contributed by atoms with Crippen LogP contribution < -0.4 is 5.43 Å². The molecule has 0 aliphatic carbocycles. The topological polar surface area (TPSA) is 82.3 Å². The summed E-state index contributed by atoms with van der Waals surface area (Å²) in [5.41, 5.74) is -2.32. The Morgan fingerprint density at radius 1 is 0.966 bits per heavy atom. The van der Waals surface area contributed by atoms with E-state index in [4.69, 9.17) is 16.9 Å². The second-order valence-corrected chi connectivity index (χ2v) is 7.69. The Morgan fingerprint density at radius 2 is 1.45 bits per heavy atom. The van der Waals surface area contributed by atoms with Gasteiger partial charge in [-0.2, -0.15) is 36.7 Å². The molecule has 0 saturated carbocycles. The average Bonchev–Trinajstić information content (AvgIpc) is 2.60. The Balaban J connectivity index is 2.47. The summed E-state index contributed by atoms with van der Waals surface area (Å²) in [5, 5.41) is 11.2. The Hall–Kier alpha value is -2.78. The molecule has 2 aromatic rings. The number of halogens is 7. The van der Waals surface area contributed by atoms with Crippen molar-refractivity contribution in [1.29, 1.82) is 5.26 Å². The van der Waals surface area contributed by atoms with Crippen molar-refractivity contribution in [2.75, 3.05) is 5.43 Å². The van der Waals surface area contributed by atoms with Crippen molar-refractivity contribution < 1.29 is 34.8 Å². The quantitative estimate of drug-likeness (QED) is 0.302. The molecule has 5 nitrogen and oxygen atoms in total. The number of sulfone groups is 1. The molecule has 29 heavy (non-hydrogen) atoms. The van der Waals surface area contributed by atoms with E-state index in [9.17, 15) is 34.8 Å². The van der Waals surface area contributed by atoms with Crippen molar-refractivity contribution in [2.45, 2.75) is 17.2 Å². The highest BCUT2D eigenvalue weighted by Crippen LogP contribution is 2.37. The Kier molecular flexibility index (Phi) is 6.15. The highest BCUT2D eigenvalue weighted by Gasteiger charge is 2.37. The van der Waals surface area contributed by atoms with Gasteiger partial charge in [-0.25, -0.2) is 8.42 Å². The summed E-state index contributed by atoms with van der Waals surface area (Å²) in [5.74, 6) is 0. The van der Waals surface area contributed by atoms with Gasteiger partial charge in [0.05, 0.1) is 21.7 Å². The summed E-state index contributed by atoms with van der Waals surface area (Å²) in [6.07, 6.45) is -10.2. The van der Waals surface area contributed by atoms with E-state index < -0.39 is 48.9 Å². The van der Waals surface area contributed by atoms with E-state index in [1.165, 1.54) is 18.2 Å². The molecule has 2 rings (SSSR count). The highest BCUT2D eigenvalue weighted by atomic mass is 35.5. The van der Waals surface area contributed by atoms with E-state index in [1.54, 1.807) is 5.43 Å². The molecular formula is C16H8ClF6N3O2S. The summed E-state index contributed by atoms with van der Waals surface area (Å²) in [6.45, 7) is 0. The van der Waals surface area contributed by atoms with Gasteiger partial charge in [0, 0.05) is 5.02 Å². The SMILES string of the molecule is N#C/C(=N/Nc1cc(C(F)(F)F)cc(C(F)(F)F)c1)S(=O)(=O)c1ccc(Cl)cc1. The van der Waals surface area contributed by atoms with Crippen LogP contribution in [-0.4, -0.2) is 13.5 Å². The molecule has 0 fully saturated rings. The van der Waals surface area contributed by atoms with Crippen LogP contribution in [0.5, 0.6) is 0 Å². The van der Waals surface area contributed by atoms with Gasteiger partial charge >= 0.3 is 12.4 Å². The smallest absolute Gasteiger partial charge is 0.276 e. The predicted octanol–water partition coefficient (Wildman–Crippen LogP) is 5.10. The molecule has 0 radical (unpaired) electrons. The Labute approximate surface area is 165 Å².